The Morgan fingerprint density at radius 2 is 1.00 bits per heavy atom. The fraction of sp³-hybridized carbons (Fsp3) is 0. The molecule has 0 spiro atoms. The molecular weight excluding hydrogens is 377 g/mol. The van der Waals surface area contributed by atoms with Crippen molar-refractivity contribution >= 4 is 69.6 Å². The number of nitrogens with zero attached hydrogens (tertiary/aromatic N) is 2. The van der Waals surface area contributed by atoms with Gasteiger partial charge in [0.2, 0.25) is 11.8 Å². The van der Waals surface area contributed by atoms with Crippen LogP contribution in [0.1, 0.15) is 0 Å². The summed E-state index contributed by atoms with van der Waals surface area (Å²) in [6.45, 7) is 0. The van der Waals surface area contributed by atoms with Crippen LogP contribution in [0.2, 0.25) is 30.4 Å². The smallest absolute Gasteiger partial charge is 0.241 e. The van der Waals surface area contributed by atoms with E-state index in [2.05, 4.69) is 9.97 Å². The highest BCUT2D eigenvalue weighted by molar-refractivity contribution is 6.43. The second-order valence-electron chi connectivity index (χ2n) is 3.20. The maximum absolute atomic E-state index is 5.91. The third kappa shape index (κ3) is 3.48. The van der Waals surface area contributed by atoms with Crippen molar-refractivity contribution in [3.05, 3.63) is 42.5 Å². The van der Waals surface area contributed by atoms with E-state index in [1.165, 1.54) is 12.1 Å². The Bertz CT molecular complexity index is 593. The molecule has 2 aromatic heterocycles. The van der Waals surface area contributed by atoms with Gasteiger partial charge in [0.25, 0.3) is 0 Å². The molecule has 0 amide bonds. The number of halogens is 6. The standard InChI is InChI=1S/C10H2Cl6N2O/c11-3-1-5(13)9(17-7(3)15)19-10-6(14)2-4(12)8(16)18-10/h1-2H. The predicted molar refractivity (Wildman–Crippen MR) is 78.6 cm³/mol. The first kappa shape index (κ1) is 15.2. The second kappa shape index (κ2) is 6.08. The van der Waals surface area contributed by atoms with E-state index in [4.69, 9.17) is 74.3 Å². The number of hydrogen-bond donors (Lipinski definition) is 0. The van der Waals surface area contributed by atoms with Crippen LogP contribution in [0.3, 0.4) is 0 Å². The van der Waals surface area contributed by atoms with E-state index in [1.54, 1.807) is 0 Å². The molecule has 0 saturated carbocycles. The largest absolute Gasteiger partial charge is 0.417 e. The molecule has 2 aromatic rings. The van der Waals surface area contributed by atoms with Crippen LogP contribution in [0.15, 0.2) is 12.1 Å². The molecule has 100 valence electrons. The van der Waals surface area contributed by atoms with Crippen molar-refractivity contribution in [1.29, 1.82) is 0 Å². The van der Waals surface area contributed by atoms with Gasteiger partial charge < -0.3 is 4.74 Å². The van der Waals surface area contributed by atoms with Crippen molar-refractivity contribution in [2.75, 3.05) is 0 Å². The van der Waals surface area contributed by atoms with Crippen LogP contribution >= 0.6 is 69.6 Å². The topological polar surface area (TPSA) is 35.0 Å². The summed E-state index contributed by atoms with van der Waals surface area (Å²) in [6, 6.07) is 2.78. The van der Waals surface area contributed by atoms with Crippen LogP contribution in [0, 0.1) is 0 Å². The molecule has 2 heterocycles. The number of ether oxygens (including phenoxy) is 1. The van der Waals surface area contributed by atoms with Gasteiger partial charge in [-0.25, -0.2) is 0 Å². The first-order chi connectivity index (χ1) is 8.88. The summed E-state index contributed by atoms with van der Waals surface area (Å²) in [5.74, 6) is 0.00714. The van der Waals surface area contributed by atoms with Gasteiger partial charge in [-0.1, -0.05) is 69.6 Å². The lowest BCUT2D eigenvalue weighted by molar-refractivity contribution is 0.445. The highest BCUT2D eigenvalue weighted by atomic mass is 35.5. The van der Waals surface area contributed by atoms with Gasteiger partial charge in [-0.05, 0) is 12.1 Å². The minimum atomic E-state index is 0.00357. The number of hydrogen-bond acceptors (Lipinski definition) is 3. The monoisotopic (exact) mass is 376 g/mol. The van der Waals surface area contributed by atoms with Crippen LogP contribution in [0.25, 0.3) is 0 Å². The quantitative estimate of drug-likeness (QED) is 0.584. The van der Waals surface area contributed by atoms with Gasteiger partial charge in [0.15, 0.2) is 10.3 Å². The highest BCUT2D eigenvalue weighted by Gasteiger charge is 2.14. The van der Waals surface area contributed by atoms with Gasteiger partial charge in [-0.3, -0.25) is 0 Å². The predicted octanol–water partition coefficient (Wildman–Crippen LogP) is 6.19. The molecule has 2 rings (SSSR count). The van der Waals surface area contributed by atoms with Crippen LogP contribution in [0.4, 0.5) is 0 Å². The third-order valence-corrected chi connectivity index (χ3v) is 3.79. The molecule has 0 N–H and O–H groups in total. The van der Waals surface area contributed by atoms with E-state index in [0.717, 1.165) is 0 Å². The highest BCUT2D eigenvalue weighted by Crippen LogP contribution is 2.36. The van der Waals surface area contributed by atoms with Crippen LogP contribution < -0.4 is 4.74 Å². The Hall–Kier alpha value is -0.160. The summed E-state index contributed by atoms with van der Waals surface area (Å²) in [4.78, 5) is 7.73. The van der Waals surface area contributed by atoms with E-state index < -0.39 is 0 Å². The summed E-state index contributed by atoms with van der Waals surface area (Å²) in [7, 11) is 0. The molecule has 0 aromatic carbocycles. The number of aromatic nitrogens is 2. The minimum Gasteiger partial charge on any atom is -0.417 e. The van der Waals surface area contributed by atoms with Crippen LogP contribution in [0.5, 0.6) is 11.8 Å². The molecule has 0 saturated heterocycles. The van der Waals surface area contributed by atoms with E-state index >= 15 is 0 Å². The van der Waals surface area contributed by atoms with Gasteiger partial charge in [-0.2, -0.15) is 9.97 Å². The van der Waals surface area contributed by atoms with Gasteiger partial charge in [0, 0.05) is 0 Å². The SMILES string of the molecule is Clc1cc(Cl)c(Oc2nc(Cl)c(Cl)cc2Cl)nc1Cl. The zero-order chi connectivity index (χ0) is 14.2. The summed E-state index contributed by atoms with van der Waals surface area (Å²) >= 11 is 34.9. The summed E-state index contributed by atoms with van der Waals surface area (Å²) in [6.07, 6.45) is 0. The Morgan fingerprint density at radius 1 is 0.632 bits per heavy atom. The first-order valence-corrected chi connectivity index (χ1v) is 6.86. The van der Waals surface area contributed by atoms with Crippen molar-refractivity contribution in [2.24, 2.45) is 0 Å². The molecule has 0 bridgehead atoms. The van der Waals surface area contributed by atoms with Crippen molar-refractivity contribution in [3.8, 4) is 11.8 Å². The van der Waals surface area contributed by atoms with E-state index in [9.17, 15) is 0 Å². The average Bonchev–Trinajstić information content (AvgIpc) is 2.32. The van der Waals surface area contributed by atoms with E-state index in [0.29, 0.717) is 0 Å². The van der Waals surface area contributed by atoms with E-state index in [1.807, 2.05) is 0 Å². The molecule has 0 fully saturated rings. The zero-order valence-electron chi connectivity index (χ0n) is 8.73. The molecule has 0 aliphatic heterocycles. The lowest BCUT2D eigenvalue weighted by Crippen LogP contribution is -1.94. The molecule has 0 aliphatic carbocycles. The Balaban J connectivity index is 2.42. The van der Waals surface area contributed by atoms with Crippen molar-refractivity contribution in [1.82, 2.24) is 9.97 Å². The Kier molecular flexibility index (Phi) is 4.88. The maximum Gasteiger partial charge on any atom is 0.241 e. The maximum atomic E-state index is 5.91. The summed E-state index contributed by atoms with van der Waals surface area (Å²) in [5, 5.41) is 0.783. The Labute approximate surface area is 138 Å². The minimum absolute atomic E-state index is 0.00357. The molecule has 0 unspecified atom stereocenters. The second-order valence-corrected chi connectivity index (χ2v) is 5.54. The molecule has 19 heavy (non-hydrogen) atoms. The van der Waals surface area contributed by atoms with Gasteiger partial charge >= 0.3 is 0 Å². The van der Waals surface area contributed by atoms with Crippen molar-refractivity contribution < 1.29 is 4.74 Å². The van der Waals surface area contributed by atoms with Crippen molar-refractivity contribution in [2.45, 2.75) is 0 Å². The number of pyridine rings is 2. The lowest BCUT2D eigenvalue weighted by Gasteiger charge is -2.09. The average molecular weight is 379 g/mol. The molecule has 0 radical (unpaired) electrons. The molecule has 3 nitrogen and oxygen atoms in total. The van der Waals surface area contributed by atoms with Crippen LogP contribution in [-0.2, 0) is 0 Å². The van der Waals surface area contributed by atoms with Gasteiger partial charge in [-0.15, -0.1) is 0 Å². The Morgan fingerprint density at radius 3 is 1.37 bits per heavy atom. The number of rotatable bonds is 2. The first-order valence-electron chi connectivity index (χ1n) is 4.59. The third-order valence-electron chi connectivity index (χ3n) is 1.90. The molecule has 0 atom stereocenters. The van der Waals surface area contributed by atoms with Crippen LogP contribution in [-0.4, -0.2) is 9.97 Å². The molecule has 9 heteroatoms. The molecule has 0 aliphatic rings. The van der Waals surface area contributed by atoms with Crippen molar-refractivity contribution in [3.63, 3.8) is 0 Å². The summed E-state index contributed by atoms with van der Waals surface area (Å²) in [5.41, 5.74) is 0. The fourth-order valence-corrected chi connectivity index (χ4v) is 2.15. The van der Waals surface area contributed by atoms with Gasteiger partial charge in [0.05, 0.1) is 10.0 Å². The summed E-state index contributed by atoms with van der Waals surface area (Å²) < 4.78 is 5.34. The molecular formula is C10H2Cl6N2O. The lowest BCUT2D eigenvalue weighted by atomic mass is 10.4. The zero-order valence-corrected chi connectivity index (χ0v) is 13.3. The normalized spacial score (nSPS) is 10.6. The van der Waals surface area contributed by atoms with Gasteiger partial charge in [0.1, 0.15) is 10.0 Å². The van der Waals surface area contributed by atoms with E-state index in [-0.39, 0.29) is 42.2 Å². The fourth-order valence-electron chi connectivity index (χ4n) is 1.09.